The van der Waals surface area contributed by atoms with Crippen LogP contribution in [0.25, 0.3) is 11.1 Å². The summed E-state index contributed by atoms with van der Waals surface area (Å²) in [5, 5.41) is 2.73. The lowest BCUT2D eigenvalue weighted by Gasteiger charge is -2.20. The average Bonchev–Trinajstić information content (AvgIpc) is 2.81. The van der Waals surface area contributed by atoms with E-state index in [0.29, 0.717) is 59.9 Å². The van der Waals surface area contributed by atoms with Crippen LogP contribution in [0.5, 0.6) is 11.5 Å². The summed E-state index contributed by atoms with van der Waals surface area (Å²) in [7, 11) is 0. The monoisotopic (exact) mass is 313 g/mol. The molecule has 0 unspecified atom stereocenters. The summed E-state index contributed by atoms with van der Waals surface area (Å²) in [6, 6.07) is 8.80. The molecule has 2 heterocycles. The van der Waals surface area contributed by atoms with Gasteiger partial charge in [0, 0.05) is 35.2 Å². The number of hydrogen-bond acceptors (Lipinski definition) is 3. The molecular formula is C18H16FNO3. The normalized spacial score (nSPS) is 16.3. The Kier molecular flexibility index (Phi) is 3.41. The van der Waals surface area contributed by atoms with E-state index in [1.165, 1.54) is 0 Å². The van der Waals surface area contributed by atoms with E-state index >= 15 is 4.39 Å². The smallest absolute Gasteiger partial charge is 0.251 e. The molecule has 0 atom stereocenters. The van der Waals surface area contributed by atoms with Crippen molar-refractivity contribution in [3.63, 3.8) is 0 Å². The van der Waals surface area contributed by atoms with Crippen LogP contribution in [0, 0.1) is 5.82 Å². The molecule has 0 fully saturated rings. The molecule has 2 aromatic rings. The SMILES string of the molecule is O=C1NCCc2c1ccc(-c1cccc3c1OCCCO3)c2F. The fraction of sp³-hybridized carbons (Fsp3) is 0.278. The van der Waals surface area contributed by atoms with Gasteiger partial charge in [-0.2, -0.15) is 0 Å². The summed E-state index contributed by atoms with van der Waals surface area (Å²) >= 11 is 0. The number of benzene rings is 2. The molecule has 0 bridgehead atoms. The number of para-hydroxylation sites is 1. The van der Waals surface area contributed by atoms with Crippen molar-refractivity contribution in [2.75, 3.05) is 19.8 Å². The van der Waals surface area contributed by atoms with Crippen LogP contribution in [-0.2, 0) is 6.42 Å². The molecule has 1 amide bonds. The van der Waals surface area contributed by atoms with Crippen LogP contribution in [0.15, 0.2) is 30.3 Å². The van der Waals surface area contributed by atoms with Crippen molar-refractivity contribution < 1.29 is 18.7 Å². The first-order valence-corrected chi connectivity index (χ1v) is 7.74. The number of amides is 1. The number of rotatable bonds is 1. The number of carbonyl (C=O) groups is 1. The van der Waals surface area contributed by atoms with E-state index in [1.807, 2.05) is 18.2 Å². The van der Waals surface area contributed by atoms with Gasteiger partial charge < -0.3 is 14.8 Å². The van der Waals surface area contributed by atoms with Crippen molar-refractivity contribution >= 4 is 5.91 Å². The fourth-order valence-corrected chi connectivity index (χ4v) is 3.09. The van der Waals surface area contributed by atoms with Crippen molar-refractivity contribution in [1.29, 1.82) is 0 Å². The summed E-state index contributed by atoms with van der Waals surface area (Å²) < 4.78 is 26.5. The van der Waals surface area contributed by atoms with Crippen LogP contribution in [0.1, 0.15) is 22.3 Å². The predicted molar refractivity (Wildman–Crippen MR) is 83.5 cm³/mol. The fourth-order valence-electron chi connectivity index (χ4n) is 3.09. The van der Waals surface area contributed by atoms with Crippen molar-refractivity contribution in [2.45, 2.75) is 12.8 Å². The second kappa shape index (κ2) is 5.57. The van der Waals surface area contributed by atoms with Crippen LogP contribution >= 0.6 is 0 Å². The summed E-state index contributed by atoms with van der Waals surface area (Å²) in [5.74, 6) is 0.640. The van der Waals surface area contributed by atoms with E-state index in [-0.39, 0.29) is 11.7 Å². The quantitative estimate of drug-likeness (QED) is 0.880. The van der Waals surface area contributed by atoms with E-state index in [2.05, 4.69) is 5.32 Å². The highest BCUT2D eigenvalue weighted by atomic mass is 19.1. The third-order valence-corrected chi connectivity index (χ3v) is 4.21. The maximum atomic E-state index is 15.0. The summed E-state index contributed by atoms with van der Waals surface area (Å²) in [6.45, 7) is 1.58. The number of fused-ring (bicyclic) bond motifs is 2. The zero-order valence-corrected chi connectivity index (χ0v) is 12.5. The Bertz CT molecular complexity index is 788. The largest absolute Gasteiger partial charge is 0.490 e. The molecule has 5 heteroatoms. The van der Waals surface area contributed by atoms with E-state index in [4.69, 9.17) is 9.47 Å². The highest BCUT2D eigenvalue weighted by Gasteiger charge is 2.24. The minimum Gasteiger partial charge on any atom is -0.490 e. The predicted octanol–water partition coefficient (Wildman–Crippen LogP) is 2.94. The van der Waals surface area contributed by atoms with Gasteiger partial charge in [-0.3, -0.25) is 4.79 Å². The van der Waals surface area contributed by atoms with Gasteiger partial charge in [0.05, 0.1) is 13.2 Å². The molecule has 118 valence electrons. The van der Waals surface area contributed by atoms with Gasteiger partial charge >= 0.3 is 0 Å². The Balaban J connectivity index is 1.88. The molecule has 2 aliphatic heterocycles. The molecule has 0 radical (unpaired) electrons. The molecule has 2 aromatic carbocycles. The Morgan fingerprint density at radius 2 is 1.83 bits per heavy atom. The highest BCUT2D eigenvalue weighted by molar-refractivity contribution is 5.97. The van der Waals surface area contributed by atoms with Crippen molar-refractivity contribution in [3.8, 4) is 22.6 Å². The molecule has 0 saturated heterocycles. The molecule has 4 rings (SSSR count). The lowest BCUT2D eigenvalue weighted by molar-refractivity contribution is 0.0945. The number of halogens is 1. The zero-order valence-electron chi connectivity index (χ0n) is 12.5. The van der Waals surface area contributed by atoms with Crippen LogP contribution in [-0.4, -0.2) is 25.7 Å². The lowest BCUT2D eigenvalue weighted by atomic mass is 9.93. The molecule has 4 nitrogen and oxygen atoms in total. The summed E-state index contributed by atoms with van der Waals surface area (Å²) in [6.07, 6.45) is 1.29. The Hall–Kier alpha value is -2.56. The maximum absolute atomic E-state index is 15.0. The van der Waals surface area contributed by atoms with Gasteiger partial charge in [-0.1, -0.05) is 18.2 Å². The Morgan fingerprint density at radius 3 is 2.74 bits per heavy atom. The van der Waals surface area contributed by atoms with Gasteiger partial charge in [-0.15, -0.1) is 0 Å². The Morgan fingerprint density at radius 1 is 1.00 bits per heavy atom. The first kappa shape index (κ1) is 14.1. The van der Waals surface area contributed by atoms with E-state index in [1.54, 1.807) is 12.1 Å². The molecule has 0 saturated carbocycles. The standard InChI is InChI=1S/C18H16FNO3/c19-16-11(5-6-14-12(16)7-8-20-18(14)21)13-3-1-4-15-17(13)23-10-2-9-22-15/h1,3-6H,2,7-10H2,(H,20,21). The highest BCUT2D eigenvalue weighted by Crippen LogP contribution is 2.41. The second-order valence-electron chi connectivity index (χ2n) is 5.64. The summed E-state index contributed by atoms with van der Waals surface area (Å²) in [5.41, 5.74) is 1.99. The third kappa shape index (κ3) is 2.32. The van der Waals surface area contributed by atoms with Crippen molar-refractivity contribution in [2.24, 2.45) is 0 Å². The lowest BCUT2D eigenvalue weighted by Crippen LogP contribution is -2.32. The molecule has 0 aromatic heterocycles. The Labute approximate surface area is 133 Å². The van der Waals surface area contributed by atoms with E-state index < -0.39 is 0 Å². The topological polar surface area (TPSA) is 47.6 Å². The van der Waals surface area contributed by atoms with Gasteiger partial charge in [-0.05, 0) is 18.6 Å². The van der Waals surface area contributed by atoms with Gasteiger partial charge in [0.25, 0.3) is 5.91 Å². The van der Waals surface area contributed by atoms with Crippen LogP contribution in [0.2, 0.25) is 0 Å². The van der Waals surface area contributed by atoms with Gasteiger partial charge in [0.15, 0.2) is 11.5 Å². The maximum Gasteiger partial charge on any atom is 0.251 e. The first-order valence-electron chi connectivity index (χ1n) is 7.74. The average molecular weight is 313 g/mol. The number of ether oxygens (including phenoxy) is 2. The minimum absolute atomic E-state index is 0.219. The first-order chi connectivity index (χ1) is 11.3. The molecule has 23 heavy (non-hydrogen) atoms. The van der Waals surface area contributed by atoms with Crippen molar-refractivity contribution in [3.05, 3.63) is 47.3 Å². The van der Waals surface area contributed by atoms with Crippen LogP contribution < -0.4 is 14.8 Å². The number of carbonyl (C=O) groups excluding carboxylic acids is 1. The van der Waals surface area contributed by atoms with Crippen LogP contribution in [0.4, 0.5) is 4.39 Å². The second-order valence-corrected chi connectivity index (χ2v) is 5.64. The van der Waals surface area contributed by atoms with E-state index in [0.717, 1.165) is 6.42 Å². The number of hydrogen-bond donors (Lipinski definition) is 1. The van der Waals surface area contributed by atoms with Crippen molar-refractivity contribution in [1.82, 2.24) is 5.32 Å². The molecular weight excluding hydrogens is 297 g/mol. The molecule has 2 aliphatic rings. The summed E-state index contributed by atoms with van der Waals surface area (Å²) in [4.78, 5) is 11.8. The zero-order chi connectivity index (χ0) is 15.8. The minimum atomic E-state index is -0.349. The van der Waals surface area contributed by atoms with E-state index in [9.17, 15) is 4.79 Å². The van der Waals surface area contributed by atoms with Crippen LogP contribution in [0.3, 0.4) is 0 Å². The molecule has 1 N–H and O–H groups in total. The third-order valence-electron chi connectivity index (χ3n) is 4.21. The van der Waals surface area contributed by atoms with Gasteiger partial charge in [0.2, 0.25) is 0 Å². The van der Waals surface area contributed by atoms with Gasteiger partial charge in [-0.25, -0.2) is 4.39 Å². The molecule has 0 aliphatic carbocycles. The molecule has 0 spiro atoms. The number of nitrogens with one attached hydrogen (secondary N) is 1. The van der Waals surface area contributed by atoms with Gasteiger partial charge in [0.1, 0.15) is 5.82 Å².